The number of rotatable bonds is 6. The monoisotopic (exact) mass is 565 g/mol. The number of hydrogen-bond donors (Lipinski definition) is 2. The van der Waals surface area contributed by atoms with Gasteiger partial charge < -0.3 is 4.90 Å². The van der Waals surface area contributed by atoms with Gasteiger partial charge in [-0.1, -0.05) is 0 Å². The molecule has 0 atom stereocenters. The number of sulfonamides is 2. The molecule has 2 fully saturated rings. The maximum atomic E-state index is 13.8. The second-order valence-corrected chi connectivity index (χ2v) is 16.5. The summed E-state index contributed by atoms with van der Waals surface area (Å²) >= 11 is 1.13. The van der Waals surface area contributed by atoms with Crippen LogP contribution in [0.3, 0.4) is 0 Å². The largest absolute Gasteiger partial charge is 0.306 e. The van der Waals surface area contributed by atoms with Gasteiger partial charge in [0.25, 0.3) is 5.91 Å². The van der Waals surface area contributed by atoms with Crippen LogP contribution in [0.15, 0.2) is 34.5 Å². The van der Waals surface area contributed by atoms with Crippen LogP contribution >= 0.6 is 11.3 Å². The minimum absolute atomic E-state index is 0.0178. The number of amides is 1. The van der Waals surface area contributed by atoms with Crippen molar-refractivity contribution in [1.29, 1.82) is 0 Å². The lowest BCUT2D eigenvalue weighted by Crippen LogP contribution is -2.40. The first-order valence-electron chi connectivity index (χ1n) is 12.8. The van der Waals surface area contributed by atoms with E-state index in [-0.39, 0.29) is 22.0 Å². The first-order chi connectivity index (χ1) is 17.2. The Morgan fingerprint density at radius 1 is 1.03 bits per heavy atom. The quantitative estimate of drug-likeness (QED) is 0.521. The smallest absolute Gasteiger partial charge is 0.268 e. The van der Waals surface area contributed by atoms with E-state index in [9.17, 15) is 21.6 Å². The molecule has 0 bridgehead atoms. The van der Waals surface area contributed by atoms with Gasteiger partial charge in [0.05, 0.1) is 15.5 Å². The molecule has 11 heteroatoms. The first-order valence-corrected chi connectivity index (χ1v) is 16.8. The van der Waals surface area contributed by atoms with E-state index in [1.54, 1.807) is 38.7 Å². The molecule has 2 aliphatic carbocycles. The van der Waals surface area contributed by atoms with Gasteiger partial charge in [0, 0.05) is 34.3 Å². The van der Waals surface area contributed by atoms with Crippen LogP contribution in [0.5, 0.6) is 0 Å². The van der Waals surface area contributed by atoms with E-state index in [2.05, 4.69) is 9.44 Å². The topological polar surface area (TPSA) is 113 Å². The summed E-state index contributed by atoms with van der Waals surface area (Å²) in [6, 6.07) is 6.88. The number of fused-ring (bicyclic) bond motifs is 2. The van der Waals surface area contributed by atoms with Gasteiger partial charge in [0.15, 0.2) is 0 Å². The molecule has 2 saturated carbocycles. The molecular formula is C26H35N3O5S3. The third-order valence-electron chi connectivity index (χ3n) is 7.98. The van der Waals surface area contributed by atoms with Gasteiger partial charge in [-0.2, -0.15) is 0 Å². The van der Waals surface area contributed by atoms with Gasteiger partial charge in [-0.3, -0.25) is 9.52 Å². The average Bonchev–Trinajstić information content (AvgIpc) is 3.25. The molecule has 3 aliphatic rings. The molecule has 2 aromatic rings. The molecule has 2 spiro atoms. The van der Waals surface area contributed by atoms with Gasteiger partial charge in [-0.25, -0.2) is 21.6 Å². The van der Waals surface area contributed by atoms with Gasteiger partial charge >= 0.3 is 0 Å². The Balaban J connectivity index is 1.48. The van der Waals surface area contributed by atoms with E-state index >= 15 is 0 Å². The highest BCUT2D eigenvalue weighted by atomic mass is 32.2. The molecule has 2 N–H and O–H groups in total. The lowest BCUT2D eigenvalue weighted by molar-refractivity contribution is 0.0984. The first kappa shape index (κ1) is 26.6. The molecule has 0 saturated heterocycles. The van der Waals surface area contributed by atoms with Crippen LogP contribution in [0.25, 0.3) is 0 Å². The van der Waals surface area contributed by atoms with Crippen molar-refractivity contribution >= 4 is 48.7 Å². The molecule has 1 aliphatic heterocycles. The second kappa shape index (κ2) is 8.79. The van der Waals surface area contributed by atoms with Crippen molar-refractivity contribution in [3.63, 3.8) is 0 Å². The molecule has 37 heavy (non-hydrogen) atoms. The lowest BCUT2D eigenvalue weighted by Gasteiger charge is -2.38. The molecule has 2 heterocycles. The highest BCUT2D eigenvalue weighted by molar-refractivity contribution is 7.92. The minimum Gasteiger partial charge on any atom is -0.306 e. The fourth-order valence-electron chi connectivity index (χ4n) is 5.70. The van der Waals surface area contributed by atoms with Crippen LogP contribution in [0, 0.1) is 5.41 Å². The van der Waals surface area contributed by atoms with Crippen molar-refractivity contribution in [1.82, 2.24) is 4.72 Å². The van der Waals surface area contributed by atoms with E-state index < -0.39 is 25.6 Å². The fourth-order valence-corrected chi connectivity index (χ4v) is 8.97. The Hall–Kier alpha value is -1.95. The summed E-state index contributed by atoms with van der Waals surface area (Å²) in [5, 5.41) is 1.51. The molecule has 8 nitrogen and oxygen atoms in total. The molecule has 1 aromatic carbocycles. The summed E-state index contributed by atoms with van der Waals surface area (Å²) in [5.74, 6) is -0.246. The van der Waals surface area contributed by atoms with Crippen molar-refractivity contribution in [3.05, 3.63) is 40.1 Å². The van der Waals surface area contributed by atoms with E-state index in [0.717, 1.165) is 48.3 Å². The normalized spacial score (nSPS) is 20.3. The van der Waals surface area contributed by atoms with Crippen LogP contribution in [0.1, 0.15) is 81.5 Å². The Morgan fingerprint density at radius 3 is 2.27 bits per heavy atom. The van der Waals surface area contributed by atoms with Gasteiger partial charge in [0.2, 0.25) is 20.0 Å². The second-order valence-electron chi connectivity index (χ2n) is 11.9. The predicted molar refractivity (Wildman–Crippen MR) is 147 cm³/mol. The Kier molecular flexibility index (Phi) is 6.33. The van der Waals surface area contributed by atoms with Crippen LogP contribution in [-0.2, 0) is 25.5 Å². The summed E-state index contributed by atoms with van der Waals surface area (Å²) in [7, 11) is -7.18. The van der Waals surface area contributed by atoms with Gasteiger partial charge in [-0.15, -0.1) is 11.3 Å². The highest BCUT2D eigenvalue weighted by Gasteiger charge is 2.53. The molecule has 5 rings (SSSR count). The number of benzene rings is 1. The van der Waals surface area contributed by atoms with E-state index in [4.69, 9.17) is 0 Å². The van der Waals surface area contributed by atoms with E-state index in [0.29, 0.717) is 22.5 Å². The standard InChI is InChI=1S/C26H35N3O5S3/c1-5-36(31,32)27-18-6-7-21-20(14-18)26(12-10-25(8-9-25)11-13-26)17-29(21)23(30)22-15-19(16-35-22)37(33,34)28-24(2,3)4/h6-7,14-16,27-28H,5,8-13,17H2,1-4H3. The Bertz CT molecular complexity index is 1440. The van der Waals surface area contributed by atoms with Crippen molar-refractivity contribution in [2.45, 2.75) is 82.1 Å². The summed E-state index contributed by atoms with van der Waals surface area (Å²) in [6.45, 7) is 7.43. The molecule has 202 valence electrons. The SMILES string of the molecule is CCS(=O)(=O)Nc1ccc2c(c1)C1(CCC3(CC3)CC1)CN2C(=O)c1cc(S(=O)(=O)NC(C)(C)C)cs1. The number of hydrogen-bond acceptors (Lipinski definition) is 6. The third-order valence-corrected chi connectivity index (χ3v) is 12.1. The number of thiophene rings is 1. The maximum absolute atomic E-state index is 13.8. The highest BCUT2D eigenvalue weighted by Crippen LogP contribution is 2.62. The predicted octanol–water partition coefficient (Wildman–Crippen LogP) is 4.84. The number of carbonyl (C=O) groups excluding carboxylic acids is 1. The van der Waals surface area contributed by atoms with Crippen molar-refractivity contribution in [2.24, 2.45) is 5.41 Å². The number of anilines is 2. The van der Waals surface area contributed by atoms with E-state index in [1.165, 1.54) is 24.3 Å². The lowest BCUT2D eigenvalue weighted by atomic mass is 9.66. The summed E-state index contributed by atoms with van der Waals surface area (Å²) in [4.78, 5) is 16.0. The van der Waals surface area contributed by atoms with Crippen LogP contribution in [-0.4, -0.2) is 40.6 Å². The minimum atomic E-state index is -3.75. The van der Waals surface area contributed by atoms with Gasteiger partial charge in [-0.05, 0) is 101 Å². The molecule has 0 radical (unpaired) electrons. The summed E-state index contributed by atoms with van der Waals surface area (Å²) in [6.07, 6.45) is 6.66. The van der Waals surface area contributed by atoms with Crippen molar-refractivity contribution in [3.8, 4) is 0 Å². The zero-order valence-corrected chi connectivity index (χ0v) is 24.2. The summed E-state index contributed by atoms with van der Waals surface area (Å²) in [5.41, 5.74) is 1.89. The number of nitrogens with one attached hydrogen (secondary N) is 2. The van der Waals surface area contributed by atoms with Crippen molar-refractivity contribution in [2.75, 3.05) is 21.9 Å². The fraction of sp³-hybridized carbons (Fsp3) is 0.577. The van der Waals surface area contributed by atoms with Crippen LogP contribution in [0.4, 0.5) is 11.4 Å². The third kappa shape index (κ3) is 5.20. The van der Waals surface area contributed by atoms with E-state index in [1.807, 2.05) is 12.1 Å². The van der Waals surface area contributed by atoms with Crippen molar-refractivity contribution < 1.29 is 21.6 Å². The van der Waals surface area contributed by atoms with Gasteiger partial charge in [0.1, 0.15) is 0 Å². The number of carbonyl (C=O) groups is 1. The maximum Gasteiger partial charge on any atom is 0.268 e. The summed E-state index contributed by atoms with van der Waals surface area (Å²) < 4.78 is 55.4. The Labute approximate surface area is 223 Å². The molecule has 0 unspecified atom stereocenters. The average molecular weight is 566 g/mol. The zero-order valence-electron chi connectivity index (χ0n) is 21.8. The van der Waals surface area contributed by atoms with Crippen LogP contribution in [0.2, 0.25) is 0 Å². The zero-order chi connectivity index (χ0) is 26.9. The molecule has 1 aromatic heterocycles. The number of nitrogens with zero attached hydrogens (tertiary/aromatic N) is 1. The molecular weight excluding hydrogens is 531 g/mol. The molecule has 1 amide bonds. The Morgan fingerprint density at radius 2 is 1.68 bits per heavy atom. The van der Waals surface area contributed by atoms with Crippen LogP contribution < -0.4 is 14.3 Å².